The Kier molecular flexibility index (Phi) is 2.80. The van der Waals surface area contributed by atoms with E-state index in [-0.39, 0.29) is 0 Å². The third-order valence-electron chi connectivity index (χ3n) is 3.29. The van der Waals surface area contributed by atoms with E-state index in [9.17, 15) is 0 Å². The Bertz CT molecular complexity index is 699. The van der Waals surface area contributed by atoms with Gasteiger partial charge >= 0.3 is 0 Å². The molecule has 3 nitrogen and oxygen atoms in total. The van der Waals surface area contributed by atoms with Crippen molar-refractivity contribution in [1.29, 1.82) is 0 Å². The van der Waals surface area contributed by atoms with Gasteiger partial charge in [-0.15, -0.1) is 0 Å². The second-order valence-electron chi connectivity index (χ2n) is 4.53. The molecule has 0 atom stereocenters. The summed E-state index contributed by atoms with van der Waals surface area (Å²) >= 11 is 0. The first-order valence-electron chi connectivity index (χ1n) is 6.21. The van der Waals surface area contributed by atoms with Crippen molar-refractivity contribution in [3.8, 4) is 22.6 Å². The van der Waals surface area contributed by atoms with Crippen LogP contribution in [-0.2, 0) is 0 Å². The lowest BCUT2D eigenvalue weighted by Gasteiger charge is -2.05. The molecule has 0 bridgehead atoms. The number of nitrogens with one attached hydrogen (secondary N) is 1. The summed E-state index contributed by atoms with van der Waals surface area (Å²) in [4.78, 5) is 7.80. The zero-order valence-electron chi connectivity index (χ0n) is 10.7. The van der Waals surface area contributed by atoms with Crippen LogP contribution in [-0.4, -0.2) is 9.97 Å². The highest BCUT2D eigenvalue weighted by molar-refractivity contribution is 5.70. The average Bonchev–Trinajstić information content (AvgIpc) is 2.92. The van der Waals surface area contributed by atoms with Crippen LogP contribution in [0.15, 0.2) is 54.7 Å². The molecule has 19 heavy (non-hydrogen) atoms. The maximum Gasteiger partial charge on any atom is 0.138 e. The fraction of sp³-hybridized carbons (Fsp3) is 0.0625. The number of hydrogen-bond acceptors (Lipinski definition) is 2. The maximum atomic E-state index is 5.93. The van der Waals surface area contributed by atoms with Crippen molar-refractivity contribution in [3.63, 3.8) is 0 Å². The lowest BCUT2D eigenvalue weighted by Crippen LogP contribution is -1.92. The molecule has 2 aromatic carbocycles. The first kappa shape index (κ1) is 11.5. The Morgan fingerprint density at radius 2 is 1.79 bits per heavy atom. The number of hydrogen-bond donors (Lipinski definition) is 2. The first-order valence-corrected chi connectivity index (χ1v) is 6.21. The highest BCUT2D eigenvalue weighted by Gasteiger charge is 2.08. The van der Waals surface area contributed by atoms with Gasteiger partial charge in [0, 0.05) is 11.3 Å². The summed E-state index contributed by atoms with van der Waals surface area (Å²) in [6, 6.07) is 16.0. The smallest absolute Gasteiger partial charge is 0.138 e. The number of rotatable bonds is 2. The summed E-state index contributed by atoms with van der Waals surface area (Å²) in [5.41, 5.74) is 11.0. The van der Waals surface area contributed by atoms with Gasteiger partial charge < -0.3 is 10.7 Å². The largest absolute Gasteiger partial charge is 0.398 e. The first-order chi connectivity index (χ1) is 9.25. The highest BCUT2D eigenvalue weighted by atomic mass is 14.9. The van der Waals surface area contributed by atoms with Crippen molar-refractivity contribution in [1.82, 2.24) is 9.97 Å². The predicted molar refractivity (Wildman–Crippen MR) is 78.6 cm³/mol. The van der Waals surface area contributed by atoms with Crippen LogP contribution in [0.5, 0.6) is 0 Å². The van der Waals surface area contributed by atoms with E-state index >= 15 is 0 Å². The lowest BCUT2D eigenvalue weighted by molar-refractivity contribution is 1.29. The SMILES string of the molecule is Cc1c(N)cccc1-c1ncc(-c2ccccc2)[nH]1. The van der Waals surface area contributed by atoms with Crippen LogP contribution < -0.4 is 5.73 Å². The lowest BCUT2D eigenvalue weighted by atomic mass is 10.1. The molecule has 0 aliphatic carbocycles. The standard InChI is InChI=1S/C16H15N3/c1-11-13(8-5-9-14(11)17)16-18-10-15(19-16)12-6-3-2-4-7-12/h2-10H,17H2,1H3,(H,18,19). The van der Waals surface area contributed by atoms with Gasteiger partial charge in [-0.3, -0.25) is 0 Å². The Morgan fingerprint density at radius 1 is 1.00 bits per heavy atom. The normalized spacial score (nSPS) is 10.6. The van der Waals surface area contributed by atoms with Gasteiger partial charge in [-0.05, 0) is 24.1 Å². The Labute approximate surface area is 112 Å². The van der Waals surface area contributed by atoms with Crippen LogP contribution >= 0.6 is 0 Å². The molecule has 3 N–H and O–H groups in total. The molecule has 0 radical (unpaired) electrons. The Hall–Kier alpha value is -2.55. The summed E-state index contributed by atoms with van der Waals surface area (Å²) < 4.78 is 0. The molecular formula is C16H15N3. The highest BCUT2D eigenvalue weighted by Crippen LogP contribution is 2.26. The zero-order valence-corrected chi connectivity index (χ0v) is 10.7. The number of nitrogens with zero attached hydrogens (tertiary/aromatic N) is 1. The molecule has 0 unspecified atom stereocenters. The van der Waals surface area contributed by atoms with Crippen molar-refractivity contribution in [2.75, 3.05) is 5.73 Å². The van der Waals surface area contributed by atoms with E-state index in [1.54, 1.807) is 0 Å². The van der Waals surface area contributed by atoms with Crippen molar-refractivity contribution in [2.45, 2.75) is 6.92 Å². The molecule has 0 saturated carbocycles. The molecule has 94 valence electrons. The van der Waals surface area contributed by atoms with Gasteiger partial charge in [0.2, 0.25) is 0 Å². The van der Waals surface area contributed by atoms with E-state index < -0.39 is 0 Å². The molecule has 0 fully saturated rings. The van der Waals surface area contributed by atoms with Crippen molar-refractivity contribution >= 4 is 5.69 Å². The molecular weight excluding hydrogens is 234 g/mol. The maximum absolute atomic E-state index is 5.93. The molecule has 0 amide bonds. The predicted octanol–water partition coefficient (Wildman–Crippen LogP) is 3.63. The minimum atomic E-state index is 0.787. The Balaban J connectivity index is 2.05. The van der Waals surface area contributed by atoms with Gasteiger partial charge in [-0.1, -0.05) is 42.5 Å². The second-order valence-corrected chi connectivity index (χ2v) is 4.53. The number of nitrogen functional groups attached to an aromatic ring is 1. The number of aromatic nitrogens is 2. The van der Waals surface area contributed by atoms with Crippen LogP contribution in [0.25, 0.3) is 22.6 Å². The molecule has 0 spiro atoms. The molecule has 1 heterocycles. The van der Waals surface area contributed by atoms with Gasteiger partial charge in [0.1, 0.15) is 5.82 Å². The minimum absolute atomic E-state index is 0.787. The van der Waals surface area contributed by atoms with Gasteiger partial charge in [0.05, 0.1) is 11.9 Å². The number of benzene rings is 2. The summed E-state index contributed by atoms with van der Waals surface area (Å²) in [5.74, 6) is 0.851. The van der Waals surface area contributed by atoms with Gasteiger partial charge in [-0.2, -0.15) is 0 Å². The average molecular weight is 249 g/mol. The third-order valence-corrected chi connectivity index (χ3v) is 3.29. The van der Waals surface area contributed by atoms with Crippen LogP contribution in [0.1, 0.15) is 5.56 Å². The fourth-order valence-corrected chi connectivity index (χ4v) is 2.13. The molecule has 1 aromatic heterocycles. The number of anilines is 1. The number of nitrogens with two attached hydrogens (primary N) is 1. The van der Waals surface area contributed by atoms with Crippen LogP contribution in [0.4, 0.5) is 5.69 Å². The Morgan fingerprint density at radius 3 is 2.58 bits per heavy atom. The van der Waals surface area contributed by atoms with Gasteiger partial charge in [0.15, 0.2) is 0 Å². The zero-order chi connectivity index (χ0) is 13.2. The monoisotopic (exact) mass is 249 g/mol. The van der Waals surface area contributed by atoms with Crippen LogP contribution in [0.3, 0.4) is 0 Å². The third kappa shape index (κ3) is 2.10. The number of aromatic amines is 1. The number of imidazole rings is 1. The summed E-state index contributed by atoms with van der Waals surface area (Å²) in [5, 5.41) is 0. The van der Waals surface area contributed by atoms with E-state index in [0.717, 1.165) is 33.9 Å². The van der Waals surface area contributed by atoms with Crippen LogP contribution in [0, 0.1) is 6.92 Å². The molecule has 3 heteroatoms. The van der Waals surface area contributed by atoms with Crippen molar-refractivity contribution in [3.05, 3.63) is 60.3 Å². The quantitative estimate of drug-likeness (QED) is 0.681. The summed E-state index contributed by atoms with van der Waals surface area (Å²) in [6.45, 7) is 2.01. The van der Waals surface area contributed by atoms with E-state index in [4.69, 9.17) is 5.73 Å². The van der Waals surface area contributed by atoms with Gasteiger partial charge in [-0.25, -0.2) is 4.98 Å². The van der Waals surface area contributed by atoms with Crippen LogP contribution in [0.2, 0.25) is 0 Å². The van der Waals surface area contributed by atoms with Crippen molar-refractivity contribution in [2.24, 2.45) is 0 Å². The topological polar surface area (TPSA) is 54.7 Å². The molecule has 3 aromatic rings. The fourth-order valence-electron chi connectivity index (χ4n) is 2.13. The summed E-state index contributed by atoms with van der Waals surface area (Å²) in [6.07, 6.45) is 1.85. The second kappa shape index (κ2) is 4.61. The molecule has 3 rings (SSSR count). The molecule has 0 aliphatic rings. The summed E-state index contributed by atoms with van der Waals surface area (Å²) in [7, 11) is 0. The van der Waals surface area contributed by atoms with E-state index in [0.29, 0.717) is 0 Å². The van der Waals surface area contributed by atoms with E-state index in [1.165, 1.54) is 0 Å². The number of H-pyrrole nitrogens is 1. The van der Waals surface area contributed by atoms with E-state index in [2.05, 4.69) is 22.1 Å². The molecule has 0 aliphatic heterocycles. The van der Waals surface area contributed by atoms with E-state index in [1.807, 2.05) is 49.5 Å². The minimum Gasteiger partial charge on any atom is -0.398 e. The van der Waals surface area contributed by atoms with Gasteiger partial charge in [0.25, 0.3) is 0 Å². The molecule has 0 saturated heterocycles. The van der Waals surface area contributed by atoms with Crippen molar-refractivity contribution < 1.29 is 0 Å².